The van der Waals surface area contributed by atoms with E-state index in [0.29, 0.717) is 25.0 Å². The van der Waals surface area contributed by atoms with E-state index >= 15 is 0 Å². The van der Waals surface area contributed by atoms with Gasteiger partial charge >= 0.3 is 0 Å². The van der Waals surface area contributed by atoms with E-state index in [1.165, 1.54) is 11.3 Å². The summed E-state index contributed by atoms with van der Waals surface area (Å²) in [6.45, 7) is 12.7. The number of hydrogen-bond acceptors (Lipinski definition) is 4. The van der Waals surface area contributed by atoms with Crippen LogP contribution in [0, 0.1) is 11.8 Å². The lowest BCUT2D eigenvalue weighted by Crippen LogP contribution is -2.50. The van der Waals surface area contributed by atoms with Gasteiger partial charge in [-0.2, -0.15) is 0 Å². The van der Waals surface area contributed by atoms with Crippen LogP contribution in [0.4, 0.5) is 0 Å². The summed E-state index contributed by atoms with van der Waals surface area (Å²) in [7, 11) is 0. The molecule has 1 N–H and O–H groups in total. The Morgan fingerprint density at radius 3 is 2.65 bits per heavy atom. The fourth-order valence-corrected chi connectivity index (χ4v) is 4.45. The molecule has 146 valence electrons. The minimum Gasteiger partial charge on any atom is -0.354 e. The van der Waals surface area contributed by atoms with Crippen LogP contribution in [0.5, 0.6) is 0 Å². The van der Waals surface area contributed by atoms with E-state index < -0.39 is 0 Å². The van der Waals surface area contributed by atoms with Gasteiger partial charge in [0.1, 0.15) is 0 Å². The van der Waals surface area contributed by atoms with Crippen LogP contribution >= 0.6 is 11.3 Å². The highest BCUT2D eigenvalue weighted by Gasteiger charge is 2.30. The summed E-state index contributed by atoms with van der Waals surface area (Å²) in [5, 5.41) is 5.08. The first kappa shape index (κ1) is 20.9. The maximum absolute atomic E-state index is 12.7. The molecule has 0 bridgehead atoms. The first-order valence-corrected chi connectivity index (χ1v) is 10.7. The highest BCUT2D eigenvalue weighted by atomic mass is 32.1. The zero-order valence-corrected chi connectivity index (χ0v) is 17.3. The molecule has 0 radical (unpaired) electrons. The van der Waals surface area contributed by atoms with Gasteiger partial charge in [-0.05, 0) is 43.3 Å². The first-order chi connectivity index (χ1) is 12.5. The van der Waals surface area contributed by atoms with Crippen molar-refractivity contribution in [2.24, 2.45) is 11.8 Å². The van der Waals surface area contributed by atoms with Crippen molar-refractivity contribution in [2.75, 3.05) is 32.7 Å². The Kier molecular flexibility index (Phi) is 8.10. The smallest absolute Gasteiger partial charge is 0.263 e. The van der Waals surface area contributed by atoms with Gasteiger partial charge in [0.2, 0.25) is 5.91 Å². The number of rotatable bonds is 8. The summed E-state index contributed by atoms with van der Waals surface area (Å²) in [6, 6.07) is 4.10. The molecule has 2 unspecified atom stereocenters. The van der Waals surface area contributed by atoms with Crippen molar-refractivity contribution >= 4 is 23.2 Å². The molecule has 2 amide bonds. The number of likely N-dealkylation sites (tertiary alicyclic amines) is 1. The number of carbonyl (C=O) groups is 2. The van der Waals surface area contributed by atoms with Gasteiger partial charge in [0.05, 0.1) is 10.8 Å². The van der Waals surface area contributed by atoms with Gasteiger partial charge in [-0.15, -0.1) is 11.3 Å². The van der Waals surface area contributed by atoms with E-state index in [1.807, 2.05) is 22.4 Å². The third-order valence-corrected chi connectivity index (χ3v) is 6.21. The number of nitrogens with one attached hydrogen (secondary N) is 1. The second-order valence-electron chi connectivity index (χ2n) is 7.35. The maximum Gasteiger partial charge on any atom is 0.263 e. The molecule has 6 heteroatoms. The molecule has 26 heavy (non-hydrogen) atoms. The van der Waals surface area contributed by atoms with Gasteiger partial charge in [-0.25, -0.2) is 0 Å². The van der Waals surface area contributed by atoms with Crippen molar-refractivity contribution in [3.63, 3.8) is 0 Å². The molecule has 1 aromatic heterocycles. The fourth-order valence-electron chi connectivity index (χ4n) is 3.76. The fraction of sp³-hybridized carbons (Fsp3) is 0.700. The number of thiophene rings is 1. The first-order valence-electron chi connectivity index (χ1n) is 9.82. The lowest BCUT2D eigenvalue weighted by molar-refractivity contribution is -0.126. The quantitative estimate of drug-likeness (QED) is 0.755. The Hall–Kier alpha value is -1.40. The van der Waals surface area contributed by atoms with Crippen LogP contribution in [-0.2, 0) is 4.79 Å². The van der Waals surface area contributed by atoms with Crippen molar-refractivity contribution in [1.82, 2.24) is 15.1 Å². The van der Waals surface area contributed by atoms with Gasteiger partial charge in [-0.1, -0.05) is 33.8 Å². The number of hydrogen-bond donors (Lipinski definition) is 1. The second kappa shape index (κ2) is 10.1. The van der Waals surface area contributed by atoms with Crippen LogP contribution in [-0.4, -0.2) is 60.4 Å². The molecule has 0 aliphatic carbocycles. The van der Waals surface area contributed by atoms with E-state index in [2.05, 4.69) is 37.9 Å². The van der Waals surface area contributed by atoms with Crippen molar-refractivity contribution in [2.45, 2.75) is 46.6 Å². The molecule has 1 aliphatic rings. The standard InChI is InChI=1S/C20H33N3O2S/c1-5-22(6-2)17(15(3)4)13-21-19(24)16-9-7-11-23(14-16)20(25)18-10-8-12-26-18/h8,10,12,15-17H,5-7,9,11,13-14H2,1-4H3,(H,21,24). The minimum atomic E-state index is -0.0998. The molecule has 5 nitrogen and oxygen atoms in total. The predicted molar refractivity (Wildman–Crippen MR) is 108 cm³/mol. The number of carbonyl (C=O) groups excluding carboxylic acids is 2. The maximum atomic E-state index is 12.7. The molecule has 0 aromatic carbocycles. The highest BCUT2D eigenvalue weighted by Crippen LogP contribution is 2.21. The molecule has 2 heterocycles. The molecule has 1 saturated heterocycles. The summed E-state index contributed by atoms with van der Waals surface area (Å²) in [5.41, 5.74) is 0. The van der Waals surface area contributed by atoms with Crippen LogP contribution in [0.25, 0.3) is 0 Å². The lowest BCUT2D eigenvalue weighted by Gasteiger charge is -2.35. The van der Waals surface area contributed by atoms with Crippen LogP contribution < -0.4 is 5.32 Å². The van der Waals surface area contributed by atoms with Crippen LogP contribution in [0.3, 0.4) is 0 Å². The number of piperidine rings is 1. The third-order valence-electron chi connectivity index (χ3n) is 5.35. The van der Waals surface area contributed by atoms with E-state index in [1.54, 1.807) is 0 Å². The molecule has 1 aliphatic heterocycles. The molecule has 1 fully saturated rings. The van der Waals surface area contributed by atoms with Crippen molar-refractivity contribution in [3.05, 3.63) is 22.4 Å². The average Bonchev–Trinajstić information content (AvgIpc) is 3.18. The van der Waals surface area contributed by atoms with Crippen LogP contribution in [0.1, 0.15) is 50.2 Å². The number of likely N-dealkylation sites (N-methyl/N-ethyl adjacent to an activating group) is 1. The molecular weight excluding hydrogens is 346 g/mol. The Morgan fingerprint density at radius 2 is 2.08 bits per heavy atom. The third kappa shape index (κ3) is 5.30. The normalized spacial score (nSPS) is 19.0. The van der Waals surface area contributed by atoms with Crippen molar-refractivity contribution < 1.29 is 9.59 Å². The van der Waals surface area contributed by atoms with E-state index in [0.717, 1.165) is 37.4 Å². The zero-order valence-electron chi connectivity index (χ0n) is 16.5. The molecule has 2 rings (SSSR count). The average molecular weight is 380 g/mol. The summed E-state index contributed by atoms with van der Waals surface area (Å²) in [5.74, 6) is 0.530. The minimum absolute atomic E-state index is 0.0562. The lowest BCUT2D eigenvalue weighted by atomic mass is 9.96. The second-order valence-corrected chi connectivity index (χ2v) is 8.29. The van der Waals surface area contributed by atoms with E-state index in [-0.39, 0.29) is 17.7 Å². The van der Waals surface area contributed by atoms with Crippen molar-refractivity contribution in [3.8, 4) is 0 Å². The van der Waals surface area contributed by atoms with Gasteiger partial charge in [-0.3, -0.25) is 14.5 Å². The summed E-state index contributed by atoms with van der Waals surface area (Å²) < 4.78 is 0. The van der Waals surface area contributed by atoms with Crippen LogP contribution in [0.15, 0.2) is 17.5 Å². The van der Waals surface area contributed by atoms with E-state index in [9.17, 15) is 9.59 Å². The summed E-state index contributed by atoms with van der Waals surface area (Å²) >= 11 is 1.46. The Balaban J connectivity index is 1.91. The van der Waals surface area contributed by atoms with Gasteiger partial charge in [0, 0.05) is 25.7 Å². The SMILES string of the molecule is CCN(CC)C(CNC(=O)C1CCCN(C(=O)c2cccs2)C1)C(C)C. The molecule has 0 spiro atoms. The zero-order chi connectivity index (χ0) is 19.1. The summed E-state index contributed by atoms with van der Waals surface area (Å²) in [4.78, 5) is 30.3. The van der Waals surface area contributed by atoms with Gasteiger partial charge < -0.3 is 10.2 Å². The van der Waals surface area contributed by atoms with Crippen molar-refractivity contribution in [1.29, 1.82) is 0 Å². The van der Waals surface area contributed by atoms with E-state index in [4.69, 9.17) is 0 Å². The predicted octanol–water partition coefficient (Wildman–Crippen LogP) is 3.08. The van der Waals surface area contributed by atoms with Crippen LogP contribution in [0.2, 0.25) is 0 Å². The molecule has 0 saturated carbocycles. The molecular formula is C20H33N3O2S. The number of nitrogens with zero attached hydrogens (tertiary/aromatic N) is 2. The highest BCUT2D eigenvalue weighted by molar-refractivity contribution is 7.12. The molecule has 2 atom stereocenters. The Morgan fingerprint density at radius 1 is 1.35 bits per heavy atom. The topological polar surface area (TPSA) is 52.7 Å². The Labute approximate surface area is 161 Å². The summed E-state index contributed by atoms with van der Waals surface area (Å²) in [6.07, 6.45) is 1.75. The monoisotopic (exact) mass is 379 g/mol. The Bertz CT molecular complexity index is 570. The number of amides is 2. The molecule has 1 aromatic rings. The largest absolute Gasteiger partial charge is 0.354 e. The van der Waals surface area contributed by atoms with Gasteiger partial charge in [0.15, 0.2) is 0 Å². The van der Waals surface area contributed by atoms with Gasteiger partial charge in [0.25, 0.3) is 5.91 Å².